The molecule has 2 nitrogen and oxygen atoms in total. The summed E-state index contributed by atoms with van der Waals surface area (Å²) in [6.45, 7) is 13.1. The smallest absolute Gasteiger partial charge is 0.00926 e. The van der Waals surface area contributed by atoms with E-state index in [1.807, 2.05) is 0 Å². The molecule has 102 valence electrons. The molecule has 2 heteroatoms. The van der Waals surface area contributed by atoms with Gasteiger partial charge in [0, 0.05) is 18.6 Å². The molecule has 1 rings (SSSR count). The van der Waals surface area contributed by atoms with Gasteiger partial charge in [0.1, 0.15) is 0 Å². The minimum atomic E-state index is 0.736. The number of nitrogens with zero attached hydrogens (tertiary/aromatic N) is 1. The third kappa shape index (κ3) is 4.97. The van der Waals surface area contributed by atoms with Crippen LogP contribution in [0.25, 0.3) is 0 Å². The van der Waals surface area contributed by atoms with E-state index in [2.05, 4.69) is 37.9 Å². The van der Waals surface area contributed by atoms with Crippen LogP contribution in [0.1, 0.15) is 59.8 Å². The Morgan fingerprint density at radius 3 is 2.65 bits per heavy atom. The predicted molar refractivity (Wildman–Crippen MR) is 76.4 cm³/mol. The summed E-state index contributed by atoms with van der Waals surface area (Å²) in [7, 11) is 0. The number of hydrogen-bond acceptors (Lipinski definition) is 2. The maximum Gasteiger partial charge on any atom is 0.00926 e. The molecule has 0 radical (unpaired) electrons. The Balaban J connectivity index is 2.55. The Kier molecular flexibility index (Phi) is 7.14. The minimum Gasteiger partial charge on any atom is -0.314 e. The first-order chi connectivity index (χ1) is 8.21. The zero-order valence-corrected chi connectivity index (χ0v) is 12.3. The van der Waals surface area contributed by atoms with Gasteiger partial charge in [0.15, 0.2) is 0 Å². The van der Waals surface area contributed by atoms with Crippen molar-refractivity contribution in [1.82, 2.24) is 10.2 Å². The second-order valence-electron chi connectivity index (χ2n) is 5.75. The Bertz CT molecular complexity index is 193. The van der Waals surface area contributed by atoms with E-state index in [0.717, 1.165) is 18.0 Å². The van der Waals surface area contributed by atoms with Crippen LogP contribution in [0, 0.1) is 5.92 Å². The van der Waals surface area contributed by atoms with Gasteiger partial charge in [0.2, 0.25) is 0 Å². The SMILES string of the molecule is CCCC(CC)N1CCC(CC)NCC(C)C1. The summed E-state index contributed by atoms with van der Waals surface area (Å²) < 4.78 is 0. The van der Waals surface area contributed by atoms with E-state index in [4.69, 9.17) is 0 Å². The molecule has 17 heavy (non-hydrogen) atoms. The van der Waals surface area contributed by atoms with E-state index in [1.54, 1.807) is 0 Å². The van der Waals surface area contributed by atoms with Crippen molar-refractivity contribution in [3.05, 3.63) is 0 Å². The average Bonchev–Trinajstić information content (AvgIpc) is 2.32. The van der Waals surface area contributed by atoms with Crippen molar-refractivity contribution < 1.29 is 0 Å². The molecule has 1 aliphatic heterocycles. The summed E-state index contributed by atoms with van der Waals surface area (Å²) in [5.41, 5.74) is 0. The molecule has 0 saturated carbocycles. The van der Waals surface area contributed by atoms with Gasteiger partial charge in [-0.05, 0) is 44.7 Å². The molecule has 1 N–H and O–H groups in total. The number of hydrogen-bond donors (Lipinski definition) is 1. The highest BCUT2D eigenvalue weighted by Crippen LogP contribution is 2.17. The van der Waals surface area contributed by atoms with Gasteiger partial charge in [0.05, 0.1) is 0 Å². The molecule has 1 saturated heterocycles. The van der Waals surface area contributed by atoms with E-state index in [-0.39, 0.29) is 0 Å². The third-order valence-electron chi connectivity index (χ3n) is 4.17. The molecule has 3 atom stereocenters. The quantitative estimate of drug-likeness (QED) is 0.793. The highest BCUT2D eigenvalue weighted by atomic mass is 15.2. The van der Waals surface area contributed by atoms with Crippen molar-refractivity contribution in [3.63, 3.8) is 0 Å². The maximum atomic E-state index is 3.70. The molecular formula is C15H32N2. The second-order valence-corrected chi connectivity index (χ2v) is 5.75. The number of rotatable bonds is 5. The highest BCUT2D eigenvalue weighted by molar-refractivity contribution is 4.79. The van der Waals surface area contributed by atoms with Crippen molar-refractivity contribution in [2.24, 2.45) is 5.92 Å². The molecule has 0 amide bonds. The zero-order chi connectivity index (χ0) is 12.7. The molecule has 1 heterocycles. The van der Waals surface area contributed by atoms with Crippen molar-refractivity contribution >= 4 is 0 Å². The van der Waals surface area contributed by atoms with Crippen molar-refractivity contribution in [2.45, 2.75) is 71.9 Å². The first-order valence-electron chi connectivity index (χ1n) is 7.68. The Morgan fingerprint density at radius 2 is 2.06 bits per heavy atom. The van der Waals surface area contributed by atoms with Gasteiger partial charge in [-0.3, -0.25) is 0 Å². The summed E-state index contributed by atoms with van der Waals surface area (Å²) in [5.74, 6) is 0.787. The fourth-order valence-electron chi connectivity index (χ4n) is 3.01. The first-order valence-corrected chi connectivity index (χ1v) is 7.68. The molecular weight excluding hydrogens is 208 g/mol. The van der Waals surface area contributed by atoms with E-state index in [1.165, 1.54) is 51.7 Å². The maximum absolute atomic E-state index is 3.70. The first kappa shape index (κ1) is 15.0. The molecule has 3 unspecified atom stereocenters. The van der Waals surface area contributed by atoms with Crippen molar-refractivity contribution in [1.29, 1.82) is 0 Å². The topological polar surface area (TPSA) is 15.3 Å². The summed E-state index contributed by atoms with van der Waals surface area (Å²) in [4.78, 5) is 2.76. The minimum absolute atomic E-state index is 0.736. The van der Waals surface area contributed by atoms with Crippen LogP contribution in [0.2, 0.25) is 0 Å². The van der Waals surface area contributed by atoms with E-state index in [0.29, 0.717) is 0 Å². The van der Waals surface area contributed by atoms with Crippen LogP contribution in [0.5, 0.6) is 0 Å². The van der Waals surface area contributed by atoms with Crippen LogP contribution < -0.4 is 5.32 Å². The lowest BCUT2D eigenvalue weighted by molar-refractivity contribution is 0.133. The van der Waals surface area contributed by atoms with Gasteiger partial charge in [-0.15, -0.1) is 0 Å². The molecule has 0 aliphatic carbocycles. The number of nitrogens with one attached hydrogen (secondary N) is 1. The zero-order valence-electron chi connectivity index (χ0n) is 12.3. The largest absolute Gasteiger partial charge is 0.314 e. The standard InChI is InChI=1S/C15H32N2/c1-5-8-15(7-3)17-10-9-14(6-2)16-11-13(4)12-17/h13-16H,5-12H2,1-4H3. The van der Waals surface area contributed by atoms with Crippen molar-refractivity contribution in [3.8, 4) is 0 Å². The summed E-state index contributed by atoms with van der Waals surface area (Å²) >= 11 is 0. The predicted octanol–water partition coefficient (Wildman–Crippen LogP) is 3.28. The molecule has 1 fully saturated rings. The second kappa shape index (κ2) is 8.10. The Hall–Kier alpha value is -0.0800. The molecule has 0 spiro atoms. The molecule has 0 bridgehead atoms. The summed E-state index contributed by atoms with van der Waals surface area (Å²) in [6, 6.07) is 1.55. The lowest BCUT2D eigenvalue weighted by Gasteiger charge is -2.37. The third-order valence-corrected chi connectivity index (χ3v) is 4.17. The Morgan fingerprint density at radius 1 is 1.29 bits per heavy atom. The molecule has 0 aromatic heterocycles. The van der Waals surface area contributed by atoms with E-state index in [9.17, 15) is 0 Å². The van der Waals surface area contributed by atoms with Gasteiger partial charge in [-0.1, -0.05) is 34.1 Å². The summed E-state index contributed by atoms with van der Waals surface area (Å²) in [5, 5.41) is 3.70. The van der Waals surface area contributed by atoms with Crippen LogP contribution in [0.15, 0.2) is 0 Å². The Labute approximate surface area is 108 Å². The monoisotopic (exact) mass is 240 g/mol. The fourth-order valence-corrected chi connectivity index (χ4v) is 3.01. The van der Waals surface area contributed by atoms with Crippen LogP contribution >= 0.6 is 0 Å². The van der Waals surface area contributed by atoms with Crippen LogP contribution in [0.3, 0.4) is 0 Å². The average molecular weight is 240 g/mol. The summed E-state index contributed by atoms with van der Waals surface area (Å²) in [6.07, 6.45) is 6.59. The molecule has 1 aliphatic rings. The van der Waals surface area contributed by atoms with E-state index >= 15 is 0 Å². The lowest BCUT2D eigenvalue weighted by Crippen LogP contribution is -2.47. The highest BCUT2D eigenvalue weighted by Gasteiger charge is 2.22. The van der Waals surface area contributed by atoms with Crippen LogP contribution in [-0.2, 0) is 0 Å². The fraction of sp³-hybridized carbons (Fsp3) is 1.00. The molecule has 0 aromatic rings. The normalized spacial score (nSPS) is 29.6. The van der Waals surface area contributed by atoms with Gasteiger partial charge >= 0.3 is 0 Å². The van der Waals surface area contributed by atoms with Gasteiger partial charge in [0.25, 0.3) is 0 Å². The van der Waals surface area contributed by atoms with Gasteiger partial charge in [-0.25, -0.2) is 0 Å². The molecule has 0 aromatic carbocycles. The van der Waals surface area contributed by atoms with Gasteiger partial charge < -0.3 is 10.2 Å². The van der Waals surface area contributed by atoms with Crippen LogP contribution in [0.4, 0.5) is 0 Å². The van der Waals surface area contributed by atoms with E-state index < -0.39 is 0 Å². The van der Waals surface area contributed by atoms with Crippen molar-refractivity contribution in [2.75, 3.05) is 19.6 Å². The lowest BCUT2D eigenvalue weighted by atomic mass is 10.0. The van der Waals surface area contributed by atoms with Crippen LogP contribution in [-0.4, -0.2) is 36.6 Å². The van der Waals surface area contributed by atoms with Gasteiger partial charge in [-0.2, -0.15) is 0 Å².